The van der Waals surface area contributed by atoms with E-state index >= 15 is 0 Å². The molecule has 0 amide bonds. The molecule has 0 aliphatic carbocycles. The highest BCUT2D eigenvalue weighted by atomic mass is 19.1. The monoisotopic (exact) mass is 402 g/mol. The number of benzene rings is 1. The highest BCUT2D eigenvalue weighted by molar-refractivity contribution is 5.94. The van der Waals surface area contributed by atoms with Gasteiger partial charge in [-0.1, -0.05) is 12.1 Å². The molecule has 1 saturated heterocycles. The van der Waals surface area contributed by atoms with Crippen molar-refractivity contribution in [3.05, 3.63) is 60.8 Å². The molecule has 3 aromatic heterocycles. The first-order chi connectivity index (χ1) is 14.7. The van der Waals surface area contributed by atoms with Crippen LogP contribution in [0.1, 0.15) is 19.3 Å². The molecule has 7 heteroatoms. The van der Waals surface area contributed by atoms with Crippen molar-refractivity contribution in [3.63, 3.8) is 0 Å². The number of nitrogens with two attached hydrogens (primary N) is 1. The van der Waals surface area contributed by atoms with Crippen LogP contribution in [0.3, 0.4) is 0 Å². The molecule has 152 valence electrons. The van der Waals surface area contributed by atoms with Crippen LogP contribution in [0.25, 0.3) is 33.4 Å². The van der Waals surface area contributed by atoms with Crippen LogP contribution >= 0.6 is 0 Å². The second-order valence-electron chi connectivity index (χ2n) is 7.78. The van der Waals surface area contributed by atoms with Crippen molar-refractivity contribution in [1.29, 1.82) is 0 Å². The third kappa shape index (κ3) is 3.52. The van der Waals surface area contributed by atoms with Crippen LogP contribution in [-0.2, 0) is 0 Å². The van der Waals surface area contributed by atoms with Gasteiger partial charge in [0.1, 0.15) is 11.5 Å². The van der Waals surface area contributed by atoms with Crippen LogP contribution in [0.15, 0.2) is 55.0 Å². The summed E-state index contributed by atoms with van der Waals surface area (Å²) in [6.45, 7) is 1.91. The van der Waals surface area contributed by atoms with Gasteiger partial charge in [-0.25, -0.2) is 4.39 Å². The van der Waals surface area contributed by atoms with Gasteiger partial charge >= 0.3 is 0 Å². The quantitative estimate of drug-likeness (QED) is 0.538. The minimum absolute atomic E-state index is 0.271. The zero-order valence-corrected chi connectivity index (χ0v) is 16.6. The Kier molecular flexibility index (Phi) is 4.88. The minimum Gasteiger partial charge on any atom is -0.370 e. The van der Waals surface area contributed by atoms with Crippen LogP contribution < -0.4 is 10.6 Å². The molecule has 6 nitrogen and oxygen atoms in total. The maximum Gasteiger partial charge on any atom is 0.132 e. The zero-order chi connectivity index (χ0) is 20.5. The van der Waals surface area contributed by atoms with Gasteiger partial charge in [-0.15, -0.1) is 0 Å². The molecule has 1 aliphatic rings. The maximum absolute atomic E-state index is 14.3. The second-order valence-corrected chi connectivity index (χ2v) is 7.78. The summed E-state index contributed by atoms with van der Waals surface area (Å²) in [5, 5.41) is 8.11. The molecule has 1 aromatic carbocycles. The second kappa shape index (κ2) is 7.84. The lowest BCUT2D eigenvalue weighted by Gasteiger charge is -2.22. The van der Waals surface area contributed by atoms with E-state index in [9.17, 15) is 4.39 Å². The number of hydrogen-bond donors (Lipinski definition) is 2. The van der Waals surface area contributed by atoms with Crippen molar-refractivity contribution in [2.45, 2.75) is 25.3 Å². The van der Waals surface area contributed by atoms with E-state index in [1.807, 2.05) is 24.5 Å². The van der Waals surface area contributed by atoms with E-state index < -0.39 is 0 Å². The molecule has 4 aromatic rings. The van der Waals surface area contributed by atoms with Crippen molar-refractivity contribution in [1.82, 2.24) is 20.2 Å². The Hall–Kier alpha value is -3.32. The predicted molar refractivity (Wildman–Crippen MR) is 117 cm³/mol. The van der Waals surface area contributed by atoms with Gasteiger partial charge in [0, 0.05) is 41.8 Å². The average molecular weight is 402 g/mol. The number of aromatic nitrogens is 4. The fourth-order valence-corrected chi connectivity index (χ4v) is 4.05. The van der Waals surface area contributed by atoms with Gasteiger partial charge < -0.3 is 10.6 Å². The summed E-state index contributed by atoms with van der Waals surface area (Å²) in [6.07, 6.45) is 8.55. The normalized spacial score (nSPS) is 17.3. The Morgan fingerprint density at radius 1 is 1.07 bits per heavy atom. The van der Waals surface area contributed by atoms with E-state index in [1.54, 1.807) is 18.3 Å². The van der Waals surface area contributed by atoms with Crippen LogP contribution in [0, 0.1) is 5.82 Å². The molecule has 0 radical (unpaired) electrons. The maximum atomic E-state index is 14.3. The van der Waals surface area contributed by atoms with E-state index in [0.717, 1.165) is 60.2 Å². The van der Waals surface area contributed by atoms with Gasteiger partial charge in [-0.3, -0.25) is 15.1 Å². The number of nitrogens with one attached hydrogen (secondary N) is 1. The van der Waals surface area contributed by atoms with Gasteiger partial charge in [-0.2, -0.15) is 5.10 Å². The predicted octanol–water partition coefficient (Wildman–Crippen LogP) is 4.14. The number of anilines is 1. The van der Waals surface area contributed by atoms with Crippen LogP contribution in [0.2, 0.25) is 0 Å². The fourth-order valence-electron chi connectivity index (χ4n) is 4.05. The van der Waals surface area contributed by atoms with E-state index in [0.29, 0.717) is 11.3 Å². The number of nitrogens with zero attached hydrogens (tertiary/aromatic N) is 4. The van der Waals surface area contributed by atoms with Crippen LogP contribution in [-0.4, -0.2) is 39.3 Å². The zero-order valence-electron chi connectivity index (χ0n) is 16.6. The molecule has 4 heterocycles. The summed E-state index contributed by atoms with van der Waals surface area (Å²) in [5.74, 6) is -0.299. The Bertz CT molecular complexity index is 1190. The van der Waals surface area contributed by atoms with Gasteiger partial charge in [0.15, 0.2) is 0 Å². The molecular formula is C23H23FN6. The molecule has 1 fully saturated rings. The number of aromatic amines is 1. The Morgan fingerprint density at radius 2 is 1.97 bits per heavy atom. The first kappa shape index (κ1) is 18.7. The summed E-state index contributed by atoms with van der Waals surface area (Å²) in [5.41, 5.74) is 10.7. The summed E-state index contributed by atoms with van der Waals surface area (Å²) >= 11 is 0. The number of halogens is 1. The van der Waals surface area contributed by atoms with E-state index in [1.165, 1.54) is 6.07 Å². The largest absolute Gasteiger partial charge is 0.370 e. The number of hydrogen-bond acceptors (Lipinski definition) is 5. The Balaban J connectivity index is 1.52. The van der Waals surface area contributed by atoms with Gasteiger partial charge in [0.05, 0.1) is 29.3 Å². The van der Waals surface area contributed by atoms with Crippen molar-refractivity contribution >= 4 is 16.6 Å². The number of rotatable bonds is 3. The number of fused-ring (bicyclic) bond motifs is 1. The van der Waals surface area contributed by atoms with Crippen LogP contribution in [0.5, 0.6) is 0 Å². The molecule has 1 aliphatic heterocycles. The summed E-state index contributed by atoms with van der Waals surface area (Å²) in [4.78, 5) is 11.4. The molecule has 1 atom stereocenters. The first-order valence-electron chi connectivity index (χ1n) is 10.2. The Morgan fingerprint density at radius 3 is 2.87 bits per heavy atom. The van der Waals surface area contributed by atoms with E-state index in [2.05, 4.69) is 31.1 Å². The summed E-state index contributed by atoms with van der Waals surface area (Å²) in [7, 11) is 0. The van der Waals surface area contributed by atoms with E-state index in [4.69, 9.17) is 5.73 Å². The standard InChI is InChI=1S/C23H23FN6/c24-20-6-2-1-5-18(20)23-19-11-21(27-14-22(19)28-29-23)15-10-17(13-26-12-15)30-8-3-4-16(25)7-9-30/h1-2,5-6,10-14,16H,3-4,7-9,25H2,(H,28,29)/t16-/m0/s1. The first-order valence-corrected chi connectivity index (χ1v) is 10.2. The fraction of sp³-hybridized carbons (Fsp3) is 0.261. The number of pyridine rings is 2. The molecule has 30 heavy (non-hydrogen) atoms. The third-order valence-electron chi connectivity index (χ3n) is 5.73. The third-order valence-corrected chi connectivity index (χ3v) is 5.73. The minimum atomic E-state index is -0.299. The van der Waals surface area contributed by atoms with Crippen molar-refractivity contribution in [2.75, 3.05) is 18.0 Å². The van der Waals surface area contributed by atoms with Gasteiger partial charge in [0.25, 0.3) is 0 Å². The van der Waals surface area contributed by atoms with Gasteiger partial charge in [-0.05, 0) is 43.5 Å². The van der Waals surface area contributed by atoms with E-state index in [-0.39, 0.29) is 11.9 Å². The molecule has 0 bridgehead atoms. The average Bonchev–Trinajstić information content (AvgIpc) is 3.07. The highest BCUT2D eigenvalue weighted by Gasteiger charge is 2.17. The van der Waals surface area contributed by atoms with Crippen molar-refractivity contribution < 1.29 is 4.39 Å². The lowest BCUT2D eigenvalue weighted by molar-refractivity contribution is 0.601. The molecular weight excluding hydrogens is 379 g/mol. The van der Waals surface area contributed by atoms with Crippen molar-refractivity contribution in [3.8, 4) is 22.5 Å². The van der Waals surface area contributed by atoms with Crippen LogP contribution in [0.4, 0.5) is 10.1 Å². The molecule has 3 N–H and O–H groups in total. The molecule has 0 spiro atoms. The lowest BCUT2D eigenvalue weighted by Crippen LogP contribution is -2.26. The summed E-state index contributed by atoms with van der Waals surface area (Å²) < 4.78 is 14.3. The summed E-state index contributed by atoms with van der Waals surface area (Å²) in [6, 6.07) is 11.0. The lowest BCUT2D eigenvalue weighted by atomic mass is 10.1. The highest BCUT2D eigenvalue weighted by Crippen LogP contribution is 2.31. The van der Waals surface area contributed by atoms with Gasteiger partial charge in [0.2, 0.25) is 0 Å². The Labute approximate surface area is 174 Å². The molecule has 5 rings (SSSR count). The molecule has 0 saturated carbocycles. The topological polar surface area (TPSA) is 83.7 Å². The SMILES string of the molecule is N[C@H]1CCCN(c2cncc(-c3cc4c(-c5ccccc5F)n[nH]c4cn3)c2)CC1. The molecule has 0 unspecified atom stereocenters. The smallest absolute Gasteiger partial charge is 0.132 e. The van der Waals surface area contributed by atoms with Crippen molar-refractivity contribution in [2.24, 2.45) is 5.73 Å². The number of H-pyrrole nitrogens is 1.